The van der Waals surface area contributed by atoms with Crippen LogP contribution >= 0.6 is 0 Å². The van der Waals surface area contributed by atoms with Crippen molar-refractivity contribution in [3.63, 3.8) is 0 Å². The maximum atomic E-state index is 11.6. The van der Waals surface area contributed by atoms with E-state index in [-0.39, 0.29) is 5.56 Å². The van der Waals surface area contributed by atoms with Crippen LogP contribution in [0.1, 0.15) is 18.2 Å². The summed E-state index contributed by atoms with van der Waals surface area (Å²) in [4.78, 5) is 17.9. The third kappa shape index (κ3) is 1.46. The van der Waals surface area contributed by atoms with Crippen molar-refractivity contribution >= 4 is 21.8 Å². The summed E-state index contributed by atoms with van der Waals surface area (Å²) in [5.41, 5.74) is 4.30. The first-order valence-electron chi connectivity index (χ1n) is 5.83. The quantitative estimate of drug-likeness (QED) is 0.658. The van der Waals surface area contributed by atoms with Crippen LogP contribution in [-0.4, -0.2) is 9.97 Å². The zero-order chi connectivity index (χ0) is 12.0. The van der Waals surface area contributed by atoms with Crippen LogP contribution in [0.15, 0.2) is 29.1 Å². The zero-order valence-electron chi connectivity index (χ0n) is 9.92. The third-order valence-corrected chi connectivity index (χ3v) is 3.20. The van der Waals surface area contributed by atoms with E-state index in [0.29, 0.717) is 0 Å². The standard InChI is InChI=1S/C14H14N2O/c1-3-11-14-10(7-13(17)15-11)9-5-4-8(2)6-12(9)16-14/h4-7,16H,3H2,1-2H3,(H,15,17). The Balaban J connectivity index is 2.55. The number of hydrogen-bond acceptors (Lipinski definition) is 1. The van der Waals surface area contributed by atoms with E-state index in [2.05, 4.69) is 35.1 Å². The van der Waals surface area contributed by atoms with E-state index >= 15 is 0 Å². The molecule has 0 aliphatic heterocycles. The molecule has 0 amide bonds. The summed E-state index contributed by atoms with van der Waals surface area (Å²) in [6.45, 7) is 4.11. The average molecular weight is 226 g/mol. The Morgan fingerprint density at radius 1 is 1.12 bits per heavy atom. The largest absolute Gasteiger partial charge is 0.353 e. The summed E-state index contributed by atoms with van der Waals surface area (Å²) >= 11 is 0. The number of pyridine rings is 1. The fourth-order valence-electron chi connectivity index (χ4n) is 2.36. The van der Waals surface area contributed by atoms with Gasteiger partial charge in [0.15, 0.2) is 0 Å². The molecule has 0 fully saturated rings. The Hall–Kier alpha value is -2.03. The highest BCUT2D eigenvalue weighted by Crippen LogP contribution is 2.26. The molecular formula is C14H14N2O. The third-order valence-electron chi connectivity index (χ3n) is 3.20. The van der Waals surface area contributed by atoms with Crippen LogP contribution in [0.2, 0.25) is 0 Å². The molecule has 3 heteroatoms. The number of nitrogens with one attached hydrogen (secondary N) is 2. The van der Waals surface area contributed by atoms with Gasteiger partial charge in [0.1, 0.15) is 0 Å². The Labute approximate surface area is 98.5 Å². The van der Waals surface area contributed by atoms with E-state index in [9.17, 15) is 4.79 Å². The zero-order valence-corrected chi connectivity index (χ0v) is 9.92. The van der Waals surface area contributed by atoms with Gasteiger partial charge in [-0.15, -0.1) is 0 Å². The first-order chi connectivity index (χ1) is 8.19. The number of H-pyrrole nitrogens is 2. The average Bonchev–Trinajstić information content (AvgIpc) is 2.65. The van der Waals surface area contributed by atoms with Gasteiger partial charge in [-0.2, -0.15) is 0 Å². The van der Waals surface area contributed by atoms with E-state index < -0.39 is 0 Å². The molecule has 3 nitrogen and oxygen atoms in total. The summed E-state index contributed by atoms with van der Waals surface area (Å²) < 4.78 is 0. The maximum Gasteiger partial charge on any atom is 0.248 e. The molecule has 0 saturated heterocycles. The molecule has 0 unspecified atom stereocenters. The lowest BCUT2D eigenvalue weighted by Gasteiger charge is -1.98. The van der Waals surface area contributed by atoms with Gasteiger partial charge < -0.3 is 9.97 Å². The number of aromatic amines is 2. The first kappa shape index (κ1) is 10.1. The van der Waals surface area contributed by atoms with Crippen molar-refractivity contribution in [3.8, 4) is 0 Å². The minimum absolute atomic E-state index is 0.0316. The van der Waals surface area contributed by atoms with Gasteiger partial charge in [-0.25, -0.2) is 0 Å². The lowest BCUT2D eigenvalue weighted by atomic mass is 10.1. The predicted octanol–water partition coefficient (Wildman–Crippen LogP) is 2.88. The molecule has 0 aliphatic carbocycles. The predicted molar refractivity (Wildman–Crippen MR) is 70.5 cm³/mol. The molecule has 1 aromatic carbocycles. The molecular weight excluding hydrogens is 212 g/mol. The molecule has 0 spiro atoms. The molecule has 2 N–H and O–H groups in total. The highest BCUT2D eigenvalue weighted by Gasteiger charge is 2.08. The molecule has 3 rings (SSSR count). The smallest absolute Gasteiger partial charge is 0.248 e. The van der Waals surface area contributed by atoms with Crippen molar-refractivity contribution in [2.75, 3.05) is 0 Å². The second-order valence-corrected chi connectivity index (χ2v) is 4.43. The van der Waals surface area contributed by atoms with E-state index in [1.807, 2.05) is 6.92 Å². The van der Waals surface area contributed by atoms with E-state index in [4.69, 9.17) is 0 Å². The van der Waals surface area contributed by atoms with Gasteiger partial charge in [0.2, 0.25) is 5.56 Å². The lowest BCUT2D eigenvalue weighted by molar-refractivity contribution is 1.03. The van der Waals surface area contributed by atoms with Gasteiger partial charge in [-0.3, -0.25) is 4.79 Å². The molecule has 0 saturated carbocycles. The van der Waals surface area contributed by atoms with Crippen molar-refractivity contribution in [2.24, 2.45) is 0 Å². The van der Waals surface area contributed by atoms with Gasteiger partial charge in [0, 0.05) is 28.0 Å². The summed E-state index contributed by atoms with van der Waals surface area (Å²) in [7, 11) is 0. The monoisotopic (exact) mass is 226 g/mol. The molecule has 3 aromatic rings. The SMILES string of the molecule is CCc1[nH]c(=O)cc2c1[nH]c1cc(C)ccc12. The van der Waals surface area contributed by atoms with Gasteiger partial charge in [-0.05, 0) is 25.0 Å². The molecule has 86 valence electrons. The Bertz CT molecular complexity index is 765. The Morgan fingerprint density at radius 3 is 2.71 bits per heavy atom. The molecule has 0 bridgehead atoms. The summed E-state index contributed by atoms with van der Waals surface area (Å²) in [5, 5.41) is 2.13. The number of benzene rings is 1. The van der Waals surface area contributed by atoms with Crippen molar-refractivity contribution < 1.29 is 0 Å². The molecule has 17 heavy (non-hydrogen) atoms. The first-order valence-corrected chi connectivity index (χ1v) is 5.83. The normalized spacial score (nSPS) is 11.4. The van der Waals surface area contributed by atoms with Crippen LogP contribution in [0.5, 0.6) is 0 Å². The number of aryl methyl sites for hydroxylation is 2. The lowest BCUT2D eigenvalue weighted by Crippen LogP contribution is -2.06. The van der Waals surface area contributed by atoms with Gasteiger partial charge in [-0.1, -0.05) is 19.1 Å². The molecule has 0 atom stereocenters. The molecule has 0 aliphatic rings. The number of fused-ring (bicyclic) bond motifs is 3. The van der Waals surface area contributed by atoms with Crippen LogP contribution in [0.3, 0.4) is 0 Å². The Morgan fingerprint density at radius 2 is 1.94 bits per heavy atom. The van der Waals surface area contributed by atoms with Crippen LogP contribution in [-0.2, 0) is 6.42 Å². The van der Waals surface area contributed by atoms with Gasteiger partial charge in [0.05, 0.1) is 5.52 Å². The van der Waals surface area contributed by atoms with Crippen LogP contribution in [0, 0.1) is 6.92 Å². The van der Waals surface area contributed by atoms with E-state index in [1.54, 1.807) is 6.07 Å². The van der Waals surface area contributed by atoms with Crippen molar-refractivity contribution in [3.05, 3.63) is 45.9 Å². The van der Waals surface area contributed by atoms with Crippen molar-refractivity contribution in [1.82, 2.24) is 9.97 Å². The fraction of sp³-hybridized carbons (Fsp3) is 0.214. The Kier molecular flexibility index (Phi) is 2.08. The minimum Gasteiger partial charge on any atom is -0.353 e. The van der Waals surface area contributed by atoms with Crippen LogP contribution in [0.25, 0.3) is 21.8 Å². The van der Waals surface area contributed by atoms with Gasteiger partial charge in [0.25, 0.3) is 0 Å². The summed E-state index contributed by atoms with van der Waals surface area (Å²) in [6.07, 6.45) is 0.818. The number of rotatable bonds is 1. The topological polar surface area (TPSA) is 48.6 Å². The second-order valence-electron chi connectivity index (χ2n) is 4.43. The van der Waals surface area contributed by atoms with Crippen molar-refractivity contribution in [2.45, 2.75) is 20.3 Å². The minimum atomic E-state index is -0.0316. The highest BCUT2D eigenvalue weighted by atomic mass is 16.1. The summed E-state index contributed by atoms with van der Waals surface area (Å²) in [6, 6.07) is 7.92. The number of hydrogen-bond donors (Lipinski definition) is 2. The number of aromatic nitrogens is 2. The van der Waals surface area contributed by atoms with Gasteiger partial charge >= 0.3 is 0 Å². The molecule has 2 heterocycles. The maximum absolute atomic E-state index is 11.6. The molecule has 0 radical (unpaired) electrons. The second kappa shape index (κ2) is 3.48. The van der Waals surface area contributed by atoms with Crippen LogP contribution < -0.4 is 5.56 Å². The fourth-order valence-corrected chi connectivity index (χ4v) is 2.36. The van der Waals surface area contributed by atoms with Crippen LogP contribution in [0.4, 0.5) is 0 Å². The molecule has 2 aromatic heterocycles. The van der Waals surface area contributed by atoms with Crippen molar-refractivity contribution in [1.29, 1.82) is 0 Å². The van der Waals surface area contributed by atoms with E-state index in [1.165, 1.54) is 5.56 Å². The summed E-state index contributed by atoms with van der Waals surface area (Å²) in [5.74, 6) is 0. The highest BCUT2D eigenvalue weighted by molar-refractivity contribution is 6.07. The van der Waals surface area contributed by atoms with E-state index in [0.717, 1.165) is 33.9 Å².